The fraction of sp³-hybridized carbons (Fsp3) is 0.300. The van der Waals surface area contributed by atoms with E-state index < -0.39 is 5.91 Å². The van der Waals surface area contributed by atoms with Crippen LogP contribution in [0.15, 0.2) is 41.4 Å². The van der Waals surface area contributed by atoms with Crippen molar-refractivity contribution < 1.29 is 23.7 Å². The maximum atomic E-state index is 13.0. The molecule has 1 amide bonds. The molecule has 2 aromatic carbocycles. The highest BCUT2D eigenvalue weighted by atomic mass is 32.1. The van der Waals surface area contributed by atoms with Gasteiger partial charge >= 0.3 is 0 Å². The van der Waals surface area contributed by atoms with E-state index >= 15 is 0 Å². The molecule has 0 radical (unpaired) electrons. The number of carbonyl (C=O) groups is 1. The predicted octanol–water partition coefficient (Wildman–Crippen LogP) is 3.12. The topological polar surface area (TPSA) is 71.3 Å². The van der Waals surface area contributed by atoms with Crippen LogP contribution in [0.25, 0.3) is 10.2 Å². The first-order chi connectivity index (χ1) is 13.6. The summed E-state index contributed by atoms with van der Waals surface area (Å²) in [5.41, 5.74) is 1.25. The standard InChI is InChI=1S/C20H22N2O5S/c1-24-11-10-22-14-9-8-13(25-2)12-17(14)28-20(22)21-19(23)18-15(26-3)6-5-7-16(18)27-4/h5-9,12H,10-11H2,1-4H3. The number of carbonyl (C=O) groups excluding carboxylic acids is 1. The van der Waals surface area contributed by atoms with E-state index in [1.54, 1.807) is 32.4 Å². The van der Waals surface area contributed by atoms with E-state index in [1.165, 1.54) is 25.6 Å². The first kappa shape index (κ1) is 19.9. The molecule has 0 atom stereocenters. The second kappa shape index (κ2) is 8.90. The predicted molar refractivity (Wildman–Crippen MR) is 108 cm³/mol. The number of thiazole rings is 1. The minimum Gasteiger partial charge on any atom is -0.497 e. The van der Waals surface area contributed by atoms with Crippen LogP contribution in [-0.4, -0.2) is 45.5 Å². The Morgan fingerprint density at radius 3 is 2.36 bits per heavy atom. The van der Waals surface area contributed by atoms with Crippen molar-refractivity contribution in [2.24, 2.45) is 4.99 Å². The highest BCUT2D eigenvalue weighted by Crippen LogP contribution is 2.29. The van der Waals surface area contributed by atoms with Crippen molar-refractivity contribution in [1.29, 1.82) is 0 Å². The smallest absolute Gasteiger partial charge is 0.287 e. The van der Waals surface area contributed by atoms with Gasteiger partial charge in [0, 0.05) is 13.7 Å². The van der Waals surface area contributed by atoms with Gasteiger partial charge in [0.2, 0.25) is 0 Å². The molecule has 0 aliphatic carbocycles. The number of nitrogens with zero attached hydrogens (tertiary/aromatic N) is 2. The quantitative estimate of drug-likeness (QED) is 0.607. The summed E-state index contributed by atoms with van der Waals surface area (Å²) in [6.45, 7) is 1.06. The van der Waals surface area contributed by atoms with Gasteiger partial charge in [-0.05, 0) is 30.3 Å². The Labute approximate surface area is 166 Å². The number of hydrogen-bond acceptors (Lipinski definition) is 6. The van der Waals surface area contributed by atoms with Crippen molar-refractivity contribution in [3.63, 3.8) is 0 Å². The van der Waals surface area contributed by atoms with Crippen LogP contribution in [0.2, 0.25) is 0 Å². The molecular formula is C20H22N2O5S. The van der Waals surface area contributed by atoms with Crippen LogP contribution in [0.3, 0.4) is 0 Å². The lowest BCUT2D eigenvalue weighted by Crippen LogP contribution is -2.19. The first-order valence-electron chi connectivity index (χ1n) is 8.59. The molecule has 7 nitrogen and oxygen atoms in total. The summed E-state index contributed by atoms with van der Waals surface area (Å²) >= 11 is 1.41. The van der Waals surface area contributed by atoms with Gasteiger partial charge in [0.25, 0.3) is 5.91 Å². The molecule has 0 saturated carbocycles. The molecule has 0 aliphatic heterocycles. The van der Waals surface area contributed by atoms with Gasteiger partial charge in [-0.25, -0.2) is 0 Å². The van der Waals surface area contributed by atoms with Gasteiger partial charge < -0.3 is 23.5 Å². The molecule has 0 spiro atoms. The summed E-state index contributed by atoms with van der Waals surface area (Å²) in [7, 11) is 6.28. The van der Waals surface area contributed by atoms with E-state index in [0.717, 1.165) is 16.0 Å². The van der Waals surface area contributed by atoms with Crippen molar-refractivity contribution in [2.45, 2.75) is 6.54 Å². The zero-order valence-electron chi connectivity index (χ0n) is 16.2. The largest absolute Gasteiger partial charge is 0.497 e. The monoisotopic (exact) mass is 402 g/mol. The summed E-state index contributed by atoms with van der Waals surface area (Å²) in [6.07, 6.45) is 0. The van der Waals surface area contributed by atoms with Gasteiger partial charge in [0.15, 0.2) is 4.80 Å². The lowest BCUT2D eigenvalue weighted by molar-refractivity contribution is 0.0991. The number of methoxy groups -OCH3 is 4. The van der Waals surface area contributed by atoms with Crippen LogP contribution in [0, 0.1) is 0 Å². The minimum absolute atomic E-state index is 0.292. The highest BCUT2D eigenvalue weighted by Gasteiger charge is 2.18. The van der Waals surface area contributed by atoms with Crippen LogP contribution < -0.4 is 19.0 Å². The van der Waals surface area contributed by atoms with Crippen LogP contribution >= 0.6 is 11.3 Å². The molecule has 3 rings (SSSR count). The molecule has 0 bridgehead atoms. The molecule has 0 saturated heterocycles. The van der Waals surface area contributed by atoms with Gasteiger partial charge in [-0.1, -0.05) is 17.4 Å². The third-order valence-electron chi connectivity index (χ3n) is 4.25. The molecular weight excluding hydrogens is 380 g/mol. The van der Waals surface area contributed by atoms with Crippen LogP contribution in [0.4, 0.5) is 0 Å². The maximum Gasteiger partial charge on any atom is 0.287 e. The summed E-state index contributed by atoms with van der Waals surface area (Å²) in [4.78, 5) is 18.0. The van der Waals surface area contributed by atoms with Crippen molar-refractivity contribution in [2.75, 3.05) is 35.0 Å². The molecule has 0 fully saturated rings. The number of amides is 1. The molecule has 3 aromatic rings. The Kier molecular flexibility index (Phi) is 6.33. The van der Waals surface area contributed by atoms with Crippen LogP contribution in [-0.2, 0) is 11.3 Å². The van der Waals surface area contributed by atoms with Crippen LogP contribution in [0.5, 0.6) is 17.2 Å². The number of hydrogen-bond donors (Lipinski definition) is 0. The van der Waals surface area contributed by atoms with Crippen molar-refractivity contribution in [3.05, 3.63) is 46.8 Å². The molecule has 8 heteroatoms. The molecule has 0 aliphatic rings. The van der Waals surface area contributed by atoms with E-state index in [4.69, 9.17) is 18.9 Å². The Morgan fingerprint density at radius 1 is 1.04 bits per heavy atom. The van der Waals surface area contributed by atoms with E-state index in [9.17, 15) is 4.79 Å². The SMILES string of the molecule is COCCn1c(=NC(=O)c2c(OC)cccc2OC)sc2cc(OC)ccc21. The fourth-order valence-electron chi connectivity index (χ4n) is 2.87. The van der Waals surface area contributed by atoms with E-state index in [-0.39, 0.29) is 0 Å². The molecule has 1 aromatic heterocycles. The second-order valence-electron chi connectivity index (χ2n) is 5.82. The number of rotatable bonds is 7. The average molecular weight is 402 g/mol. The average Bonchev–Trinajstić information content (AvgIpc) is 3.07. The number of ether oxygens (including phenoxy) is 4. The number of fused-ring (bicyclic) bond motifs is 1. The third-order valence-corrected chi connectivity index (χ3v) is 5.29. The summed E-state index contributed by atoms with van der Waals surface area (Å²) in [5.74, 6) is 1.15. The lowest BCUT2D eigenvalue weighted by atomic mass is 10.1. The minimum atomic E-state index is -0.431. The van der Waals surface area contributed by atoms with Gasteiger partial charge in [-0.3, -0.25) is 4.79 Å². The van der Waals surface area contributed by atoms with E-state index in [2.05, 4.69) is 4.99 Å². The normalized spacial score (nSPS) is 11.6. The Balaban J connectivity index is 2.17. The number of benzene rings is 2. The van der Waals surface area contributed by atoms with Crippen LogP contribution in [0.1, 0.15) is 10.4 Å². The van der Waals surface area contributed by atoms with E-state index in [1.807, 2.05) is 22.8 Å². The zero-order valence-corrected chi connectivity index (χ0v) is 17.0. The third kappa shape index (κ3) is 3.88. The highest BCUT2D eigenvalue weighted by molar-refractivity contribution is 7.16. The molecule has 0 N–H and O–H groups in total. The molecule has 1 heterocycles. The number of aromatic nitrogens is 1. The molecule has 28 heavy (non-hydrogen) atoms. The van der Waals surface area contributed by atoms with E-state index in [0.29, 0.717) is 35.0 Å². The Hall–Kier alpha value is -2.84. The maximum absolute atomic E-state index is 13.0. The second-order valence-corrected chi connectivity index (χ2v) is 6.83. The Morgan fingerprint density at radius 2 is 1.75 bits per heavy atom. The fourth-order valence-corrected chi connectivity index (χ4v) is 3.95. The zero-order chi connectivity index (χ0) is 20.1. The van der Waals surface area contributed by atoms with Crippen molar-refractivity contribution in [1.82, 2.24) is 4.57 Å². The molecule has 0 unspecified atom stereocenters. The summed E-state index contributed by atoms with van der Waals surface area (Å²) in [5, 5.41) is 0. The lowest BCUT2D eigenvalue weighted by Gasteiger charge is -2.10. The van der Waals surface area contributed by atoms with Crippen molar-refractivity contribution >= 4 is 27.5 Å². The Bertz CT molecular complexity index is 1030. The summed E-state index contributed by atoms with van der Waals surface area (Å²) in [6, 6.07) is 10.9. The molecule has 148 valence electrons. The van der Waals surface area contributed by atoms with Gasteiger partial charge in [-0.15, -0.1) is 0 Å². The first-order valence-corrected chi connectivity index (χ1v) is 9.41. The van der Waals surface area contributed by atoms with Gasteiger partial charge in [0.1, 0.15) is 22.8 Å². The van der Waals surface area contributed by atoms with Gasteiger partial charge in [-0.2, -0.15) is 4.99 Å². The summed E-state index contributed by atoms with van der Waals surface area (Å²) < 4.78 is 24.1. The van der Waals surface area contributed by atoms with Gasteiger partial charge in [0.05, 0.1) is 38.2 Å². The van der Waals surface area contributed by atoms with Crippen molar-refractivity contribution in [3.8, 4) is 17.2 Å².